The van der Waals surface area contributed by atoms with Gasteiger partial charge in [0.2, 0.25) is 5.13 Å². The van der Waals surface area contributed by atoms with Crippen molar-refractivity contribution in [2.75, 3.05) is 5.43 Å². The predicted molar refractivity (Wildman–Crippen MR) is 92.8 cm³/mol. The monoisotopic (exact) mass is 309 g/mol. The van der Waals surface area contributed by atoms with Gasteiger partial charge in [0, 0.05) is 5.56 Å². The molecule has 0 unspecified atom stereocenters. The number of thiazole rings is 1. The molecule has 0 radical (unpaired) electrons. The summed E-state index contributed by atoms with van der Waals surface area (Å²) in [6.45, 7) is 3.69. The Morgan fingerprint density at radius 2 is 2.09 bits per heavy atom. The second-order valence-electron chi connectivity index (χ2n) is 4.70. The molecule has 0 aliphatic carbocycles. The lowest BCUT2D eigenvalue weighted by Crippen LogP contribution is -1.92. The Balaban J connectivity index is 1.77. The number of hydrazone groups is 1. The first-order chi connectivity index (χ1) is 10.8. The first kappa shape index (κ1) is 14.3. The van der Waals surface area contributed by atoms with Crippen molar-refractivity contribution in [2.24, 2.45) is 5.10 Å². The third-order valence-electron chi connectivity index (χ3n) is 3.17. The van der Waals surface area contributed by atoms with Crippen molar-refractivity contribution >= 4 is 32.9 Å². The second-order valence-corrected chi connectivity index (χ2v) is 5.74. The number of allylic oxidation sites excluding steroid dienone is 1. The van der Waals surface area contributed by atoms with E-state index in [0.29, 0.717) is 12.0 Å². The van der Waals surface area contributed by atoms with Crippen LogP contribution in [0.2, 0.25) is 0 Å². The molecule has 0 fully saturated rings. The molecule has 0 spiro atoms. The Labute approximate surface area is 132 Å². The third-order valence-corrected chi connectivity index (χ3v) is 4.11. The second kappa shape index (κ2) is 6.41. The van der Waals surface area contributed by atoms with E-state index < -0.39 is 0 Å². The molecule has 1 aromatic heterocycles. The SMILES string of the molecule is C=CCc1cccc(/C=N\Nc2nc3ccccc3s2)c1O. The Morgan fingerprint density at radius 1 is 1.23 bits per heavy atom. The van der Waals surface area contributed by atoms with E-state index in [1.54, 1.807) is 12.3 Å². The fourth-order valence-corrected chi connectivity index (χ4v) is 2.93. The first-order valence-electron chi connectivity index (χ1n) is 6.84. The molecule has 2 aromatic carbocycles. The largest absolute Gasteiger partial charge is 0.507 e. The van der Waals surface area contributed by atoms with Gasteiger partial charge in [0.15, 0.2) is 0 Å². The summed E-state index contributed by atoms with van der Waals surface area (Å²) >= 11 is 1.54. The molecule has 0 saturated carbocycles. The zero-order chi connectivity index (χ0) is 15.4. The molecule has 0 saturated heterocycles. The lowest BCUT2D eigenvalue weighted by atomic mass is 10.1. The number of rotatable bonds is 5. The Morgan fingerprint density at radius 3 is 2.91 bits per heavy atom. The lowest BCUT2D eigenvalue weighted by Gasteiger charge is -2.04. The number of aromatic hydroxyl groups is 1. The van der Waals surface area contributed by atoms with Crippen molar-refractivity contribution in [3.8, 4) is 5.75 Å². The molecule has 0 bridgehead atoms. The molecule has 3 aromatic rings. The van der Waals surface area contributed by atoms with Gasteiger partial charge < -0.3 is 5.11 Å². The molecule has 22 heavy (non-hydrogen) atoms. The Hall–Kier alpha value is -2.66. The molecular weight excluding hydrogens is 294 g/mol. The molecule has 3 rings (SSSR count). The zero-order valence-electron chi connectivity index (χ0n) is 11.9. The summed E-state index contributed by atoms with van der Waals surface area (Å²) in [5, 5.41) is 15.0. The summed E-state index contributed by atoms with van der Waals surface area (Å²) in [5.41, 5.74) is 5.34. The molecule has 5 heteroatoms. The fraction of sp³-hybridized carbons (Fsp3) is 0.0588. The standard InChI is InChI=1S/C17H15N3OS/c1-2-6-12-7-5-8-13(16(12)21)11-18-20-17-19-14-9-3-4-10-15(14)22-17/h2-5,7-11,21H,1,6H2,(H,19,20)/b18-11-. The van der Waals surface area contributed by atoms with Gasteiger partial charge >= 0.3 is 0 Å². The van der Waals surface area contributed by atoms with Gasteiger partial charge in [-0.05, 0) is 30.2 Å². The fourth-order valence-electron chi connectivity index (χ4n) is 2.11. The summed E-state index contributed by atoms with van der Waals surface area (Å²) in [4.78, 5) is 4.43. The topological polar surface area (TPSA) is 57.5 Å². The summed E-state index contributed by atoms with van der Waals surface area (Å²) in [5.74, 6) is 0.234. The average Bonchev–Trinajstić information content (AvgIpc) is 2.94. The molecular formula is C17H15N3OS. The highest BCUT2D eigenvalue weighted by atomic mass is 32.1. The lowest BCUT2D eigenvalue weighted by molar-refractivity contribution is 0.469. The van der Waals surface area contributed by atoms with Crippen LogP contribution in [0.4, 0.5) is 5.13 Å². The van der Waals surface area contributed by atoms with E-state index in [-0.39, 0.29) is 5.75 Å². The highest BCUT2D eigenvalue weighted by Crippen LogP contribution is 2.25. The van der Waals surface area contributed by atoms with E-state index in [1.807, 2.05) is 42.5 Å². The Bertz CT molecular complexity index is 806. The van der Waals surface area contributed by atoms with Gasteiger partial charge in [0.05, 0.1) is 16.4 Å². The number of fused-ring (bicyclic) bond motifs is 1. The van der Waals surface area contributed by atoms with Crippen molar-refractivity contribution < 1.29 is 5.11 Å². The molecule has 1 heterocycles. The number of phenolic OH excluding ortho intramolecular Hbond substituents is 1. The average molecular weight is 309 g/mol. The van der Waals surface area contributed by atoms with E-state index in [1.165, 1.54) is 11.3 Å². The van der Waals surface area contributed by atoms with Gasteiger partial charge in [-0.3, -0.25) is 5.43 Å². The molecule has 0 aliphatic heterocycles. The van der Waals surface area contributed by atoms with Crippen LogP contribution in [0.1, 0.15) is 11.1 Å². The van der Waals surface area contributed by atoms with E-state index in [0.717, 1.165) is 20.9 Å². The van der Waals surface area contributed by atoms with Gasteiger partial charge in [0.25, 0.3) is 0 Å². The van der Waals surface area contributed by atoms with Crippen LogP contribution in [0.25, 0.3) is 10.2 Å². The smallest absolute Gasteiger partial charge is 0.204 e. The van der Waals surface area contributed by atoms with Crippen LogP contribution in [0.5, 0.6) is 5.75 Å². The molecule has 2 N–H and O–H groups in total. The third kappa shape index (κ3) is 2.99. The van der Waals surface area contributed by atoms with Crippen LogP contribution in [-0.4, -0.2) is 16.3 Å². The predicted octanol–water partition coefficient (Wildman–Crippen LogP) is 4.18. The van der Waals surface area contributed by atoms with Crippen LogP contribution >= 0.6 is 11.3 Å². The van der Waals surface area contributed by atoms with Gasteiger partial charge in [-0.15, -0.1) is 6.58 Å². The highest BCUT2D eigenvalue weighted by molar-refractivity contribution is 7.22. The van der Waals surface area contributed by atoms with Crippen molar-refractivity contribution in [1.29, 1.82) is 0 Å². The van der Waals surface area contributed by atoms with Crippen LogP contribution in [0, 0.1) is 0 Å². The quantitative estimate of drug-likeness (QED) is 0.422. The normalized spacial score (nSPS) is 11.1. The Kier molecular flexibility index (Phi) is 4.16. The number of para-hydroxylation sites is 2. The summed E-state index contributed by atoms with van der Waals surface area (Å²) in [6, 6.07) is 13.5. The number of phenols is 1. The maximum Gasteiger partial charge on any atom is 0.204 e. The van der Waals surface area contributed by atoms with E-state index in [9.17, 15) is 5.11 Å². The number of anilines is 1. The summed E-state index contributed by atoms with van der Waals surface area (Å²) in [7, 11) is 0. The summed E-state index contributed by atoms with van der Waals surface area (Å²) < 4.78 is 1.11. The maximum atomic E-state index is 10.2. The number of aromatic nitrogens is 1. The van der Waals surface area contributed by atoms with Gasteiger partial charge in [-0.1, -0.05) is 41.7 Å². The minimum atomic E-state index is 0.234. The summed E-state index contributed by atoms with van der Waals surface area (Å²) in [6.07, 6.45) is 3.97. The van der Waals surface area contributed by atoms with Crippen molar-refractivity contribution in [3.05, 3.63) is 66.2 Å². The van der Waals surface area contributed by atoms with Crippen molar-refractivity contribution in [3.63, 3.8) is 0 Å². The van der Waals surface area contributed by atoms with Gasteiger partial charge in [-0.2, -0.15) is 5.10 Å². The number of nitrogens with zero attached hydrogens (tertiary/aromatic N) is 2. The van der Waals surface area contributed by atoms with Gasteiger partial charge in [0.1, 0.15) is 5.75 Å². The van der Waals surface area contributed by atoms with Crippen LogP contribution in [0.3, 0.4) is 0 Å². The zero-order valence-corrected chi connectivity index (χ0v) is 12.7. The molecule has 0 atom stereocenters. The van der Waals surface area contributed by atoms with E-state index in [2.05, 4.69) is 22.1 Å². The van der Waals surface area contributed by atoms with Crippen LogP contribution in [-0.2, 0) is 6.42 Å². The molecule has 4 nitrogen and oxygen atoms in total. The van der Waals surface area contributed by atoms with Crippen molar-refractivity contribution in [1.82, 2.24) is 4.98 Å². The van der Waals surface area contributed by atoms with Crippen molar-refractivity contribution in [2.45, 2.75) is 6.42 Å². The first-order valence-corrected chi connectivity index (χ1v) is 7.66. The molecule has 110 valence electrons. The van der Waals surface area contributed by atoms with Crippen LogP contribution < -0.4 is 5.43 Å². The highest BCUT2D eigenvalue weighted by Gasteiger charge is 2.04. The minimum absolute atomic E-state index is 0.234. The van der Waals surface area contributed by atoms with Gasteiger partial charge in [-0.25, -0.2) is 4.98 Å². The molecule has 0 aliphatic rings. The minimum Gasteiger partial charge on any atom is -0.507 e. The number of nitrogens with one attached hydrogen (secondary N) is 1. The molecule has 0 amide bonds. The van der Waals surface area contributed by atoms with Crippen LogP contribution in [0.15, 0.2) is 60.2 Å². The maximum absolute atomic E-state index is 10.2. The number of hydrogen-bond acceptors (Lipinski definition) is 5. The van der Waals surface area contributed by atoms with E-state index in [4.69, 9.17) is 0 Å². The number of hydrogen-bond donors (Lipinski definition) is 2. The number of benzene rings is 2. The van der Waals surface area contributed by atoms with E-state index >= 15 is 0 Å².